The van der Waals surface area contributed by atoms with Crippen LogP contribution in [0.15, 0.2) is 29.6 Å². The molecule has 0 saturated carbocycles. The van der Waals surface area contributed by atoms with Crippen LogP contribution in [0.3, 0.4) is 0 Å². The molecule has 3 aromatic rings. The number of nitrogens with one attached hydrogen (secondary N) is 2. The molecule has 0 aliphatic heterocycles. The van der Waals surface area contributed by atoms with Crippen LogP contribution >= 0.6 is 11.3 Å². The highest BCUT2D eigenvalue weighted by molar-refractivity contribution is 7.13. The van der Waals surface area contributed by atoms with Gasteiger partial charge in [-0.1, -0.05) is 13.3 Å². The highest BCUT2D eigenvalue weighted by Gasteiger charge is 2.26. The van der Waals surface area contributed by atoms with Crippen LogP contribution in [0.1, 0.15) is 45.4 Å². The number of esters is 2. The molecule has 10 nitrogen and oxygen atoms in total. The van der Waals surface area contributed by atoms with Crippen LogP contribution in [-0.2, 0) is 16.1 Å². The van der Waals surface area contributed by atoms with Gasteiger partial charge in [0.1, 0.15) is 22.8 Å². The Labute approximate surface area is 237 Å². The summed E-state index contributed by atoms with van der Waals surface area (Å²) in [7, 11) is 3.50. The predicted molar refractivity (Wildman–Crippen MR) is 144 cm³/mol. The van der Waals surface area contributed by atoms with Gasteiger partial charge in [-0.2, -0.15) is 0 Å². The van der Waals surface area contributed by atoms with Crippen LogP contribution in [0.5, 0.6) is 17.2 Å². The number of unbranched alkanes of at least 4 members (excludes halogenated alkanes) is 1. The molecule has 0 aliphatic carbocycles. The van der Waals surface area contributed by atoms with Crippen molar-refractivity contribution in [3.63, 3.8) is 0 Å². The second-order valence-electron chi connectivity index (χ2n) is 8.23. The number of amides is 2. The zero-order chi connectivity index (χ0) is 30.1. The van der Waals surface area contributed by atoms with E-state index in [0.29, 0.717) is 6.42 Å². The third-order valence-electron chi connectivity index (χ3n) is 5.58. The number of carbonyl (C=O) groups excluding carboxylic acids is 3. The second kappa shape index (κ2) is 14.3. The van der Waals surface area contributed by atoms with Crippen LogP contribution < -0.4 is 24.8 Å². The molecule has 0 unspecified atom stereocenters. The van der Waals surface area contributed by atoms with E-state index in [2.05, 4.69) is 15.4 Å². The Morgan fingerprint density at radius 1 is 0.854 bits per heavy atom. The summed E-state index contributed by atoms with van der Waals surface area (Å²) in [4.78, 5) is 36.9. The summed E-state index contributed by atoms with van der Waals surface area (Å²) in [6.45, 7) is 1.63. The molecule has 0 aliphatic rings. The quantitative estimate of drug-likeness (QED) is 0.189. The van der Waals surface area contributed by atoms with Crippen molar-refractivity contribution in [3.8, 4) is 17.2 Å². The molecule has 14 heteroatoms. The zero-order valence-electron chi connectivity index (χ0n) is 22.5. The minimum Gasteiger partial charge on any atom is -0.496 e. The van der Waals surface area contributed by atoms with Gasteiger partial charge in [0.15, 0.2) is 29.0 Å². The van der Waals surface area contributed by atoms with Crippen molar-refractivity contribution >= 4 is 40.7 Å². The minimum absolute atomic E-state index is 0.0284. The largest absolute Gasteiger partial charge is 0.496 e. The number of rotatable bonds is 12. The maximum Gasteiger partial charge on any atom is 0.349 e. The van der Waals surface area contributed by atoms with Gasteiger partial charge >= 0.3 is 18.0 Å². The molecule has 0 bridgehead atoms. The van der Waals surface area contributed by atoms with Crippen molar-refractivity contribution in [2.24, 2.45) is 0 Å². The van der Waals surface area contributed by atoms with Crippen molar-refractivity contribution in [1.82, 2.24) is 0 Å². The van der Waals surface area contributed by atoms with Crippen molar-refractivity contribution in [2.75, 3.05) is 38.6 Å². The summed E-state index contributed by atoms with van der Waals surface area (Å²) in [5, 5.41) is 5.97. The molecule has 2 amide bonds. The Morgan fingerprint density at radius 3 is 2.20 bits per heavy atom. The number of urea groups is 1. The average Bonchev–Trinajstić information content (AvgIpc) is 3.38. The first-order valence-corrected chi connectivity index (χ1v) is 13.0. The van der Waals surface area contributed by atoms with Crippen LogP contribution in [-0.4, -0.2) is 45.9 Å². The SMILES string of the molecule is CCCCOc1cc(F)c(NC(=O)Nc2csc(C(=O)OC)c2C(=O)OC)cc1OCc1c(OC)ccc(F)c1F. The van der Waals surface area contributed by atoms with E-state index in [4.69, 9.17) is 18.9 Å². The van der Waals surface area contributed by atoms with E-state index in [1.54, 1.807) is 0 Å². The number of carbonyl (C=O) groups is 3. The summed E-state index contributed by atoms with van der Waals surface area (Å²) in [6.07, 6.45) is 1.44. The molecule has 2 aromatic carbocycles. The Bertz CT molecular complexity index is 1430. The van der Waals surface area contributed by atoms with Crippen molar-refractivity contribution in [2.45, 2.75) is 26.4 Å². The van der Waals surface area contributed by atoms with Gasteiger partial charge in [0.2, 0.25) is 0 Å². The van der Waals surface area contributed by atoms with Crippen molar-refractivity contribution in [3.05, 3.63) is 63.1 Å². The Balaban J connectivity index is 1.89. The summed E-state index contributed by atoms with van der Waals surface area (Å²) in [5.41, 5.74) is -0.910. The number of anilines is 2. The molecular weight excluding hydrogens is 569 g/mol. The number of halogens is 3. The number of thiophene rings is 1. The second-order valence-corrected chi connectivity index (χ2v) is 9.11. The smallest absolute Gasteiger partial charge is 0.349 e. The number of ether oxygens (including phenoxy) is 5. The molecule has 2 N–H and O–H groups in total. The molecule has 0 spiro atoms. The fraction of sp³-hybridized carbons (Fsp3) is 0.296. The monoisotopic (exact) mass is 596 g/mol. The van der Waals surface area contributed by atoms with Crippen molar-refractivity contribution < 1.29 is 51.2 Å². The lowest BCUT2D eigenvalue weighted by Crippen LogP contribution is -2.22. The lowest BCUT2D eigenvalue weighted by molar-refractivity contribution is 0.0561. The van der Waals surface area contributed by atoms with Crippen LogP contribution in [0, 0.1) is 17.5 Å². The van der Waals surface area contributed by atoms with Gasteiger partial charge in [-0.3, -0.25) is 0 Å². The fourth-order valence-corrected chi connectivity index (χ4v) is 4.41. The van der Waals surface area contributed by atoms with E-state index in [9.17, 15) is 23.2 Å². The third kappa shape index (κ3) is 7.39. The highest BCUT2D eigenvalue weighted by atomic mass is 32.1. The van der Waals surface area contributed by atoms with Gasteiger partial charge in [-0.15, -0.1) is 11.3 Å². The van der Waals surface area contributed by atoms with E-state index in [1.807, 2.05) is 6.92 Å². The first-order valence-electron chi connectivity index (χ1n) is 12.1. The highest BCUT2D eigenvalue weighted by Crippen LogP contribution is 2.36. The Morgan fingerprint density at radius 2 is 1.54 bits per heavy atom. The molecule has 1 aromatic heterocycles. The average molecular weight is 597 g/mol. The fourth-order valence-electron chi connectivity index (χ4n) is 3.51. The molecular formula is C27H27F3N2O8S. The number of hydrogen-bond acceptors (Lipinski definition) is 9. The molecule has 0 saturated heterocycles. The first kappa shape index (κ1) is 31.1. The van der Waals surface area contributed by atoms with Gasteiger partial charge in [-0.25, -0.2) is 27.6 Å². The topological polar surface area (TPSA) is 121 Å². The summed E-state index contributed by atoms with van der Waals surface area (Å²) in [5.74, 6) is -5.01. The summed E-state index contributed by atoms with van der Waals surface area (Å²) < 4.78 is 69.0. The molecule has 0 atom stereocenters. The number of methoxy groups -OCH3 is 3. The molecule has 1 heterocycles. The van der Waals surface area contributed by atoms with Gasteiger partial charge in [0, 0.05) is 17.5 Å². The molecule has 0 fully saturated rings. The van der Waals surface area contributed by atoms with Gasteiger partial charge in [0.05, 0.1) is 44.9 Å². The standard InChI is InChI=1S/C27H27F3N2O8S/c1-5-6-9-39-20-10-16(29)17(11-21(20)40-12-14-19(36-2)8-7-15(28)23(14)30)31-27(35)32-18-13-41-24(26(34)38-4)22(18)25(33)37-3/h7-8,10-11,13H,5-6,9,12H2,1-4H3,(H2,31,32,35). The minimum atomic E-state index is -1.18. The van der Waals surface area contributed by atoms with Gasteiger partial charge < -0.3 is 34.3 Å². The van der Waals surface area contributed by atoms with E-state index in [1.165, 1.54) is 18.6 Å². The summed E-state index contributed by atoms with van der Waals surface area (Å²) >= 11 is 0.831. The third-order valence-corrected chi connectivity index (χ3v) is 6.54. The van der Waals surface area contributed by atoms with Crippen LogP contribution in [0.4, 0.5) is 29.3 Å². The maximum atomic E-state index is 15.0. The van der Waals surface area contributed by atoms with E-state index >= 15 is 4.39 Å². The molecule has 3 rings (SSSR count). The van der Waals surface area contributed by atoms with Gasteiger partial charge in [-0.05, 0) is 18.6 Å². The first-order chi connectivity index (χ1) is 19.6. The number of hydrogen-bond donors (Lipinski definition) is 2. The van der Waals surface area contributed by atoms with Crippen molar-refractivity contribution in [1.29, 1.82) is 0 Å². The molecule has 41 heavy (non-hydrogen) atoms. The lowest BCUT2D eigenvalue weighted by Gasteiger charge is -2.17. The predicted octanol–water partition coefficient (Wildman–Crippen LogP) is 6.15. The van der Waals surface area contributed by atoms with E-state index in [0.717, 1.165) is 50.2 Å². The zero-order valence-corrected chi connectivity index (χ0v) is 23.3. The normalized spacial score (nSPS) is 10.5. The van der Waals surface area contributed by atoms with E-state index < -0.39 is 42.0 Å². The Hall–Kier alpha value is -4.46. The van der Waals surface area contributed by atoms with Crippen LogP contribution in [0.25, 0.3) is 0 Å². The lowest BCUT2D eigenvalue weighted by atomic mass is 10.2. The molecule has 0 radical (unpaired) electrons. The molecule has 220 valence electrons. The summed E-state index contributed by atoms with van der Waals surface area (Å²) in [6, 6.07) is 3.24. The van der Waals surface area contributed by atoms with Gasteiger partial charge in [0.25, 0.3) is 0 Å². The maximum absolute atomic E-state index is 15.0. The number of benzene rings is 2. The Kier molecular flexibility index (Phi) is 10.8. The van der Waals surface area contributed by atoms with Crippen LogP contribution in [0.2, 0.25) is 0 Å². The van der Waals surface area contributed by atoms with E-state index in [-0.39, 0.29) is 51.2 Å².